The lowest BCUT2D eigenvalue weighted by molar-refractivity contribution is -0.177. The van der Waals surface area contributed by atoms with E-state index < -0.39 is 5.41 Å². The van der Waals surface area contributed by atoms with Crippen LogP contribution in [0.3, 0.4) is 0 Å². The van der Waals surface area contributed by atoms with E-state index in [0.717, 1.165) is 57.8 Å². The van der Waals surface area contributed by atoms with Crippen LogP contribution in [0.5, 0.6) is 0 Å². The lowest BCUT2D eigenvalue weighted by Gasteiger charge is -2.69. The maximum Gasteiger partial charge on any atom is 0.228 e. The van der Waals surface area contributed by atoms with Gasteiger partial charge in [-0.05, 0) is 109 Å². The van der Waals surface area contributed by atoms with Crippen molar-refractivity contribution in [3.05, 3.63) is 11.6 Å². The second-order valence-electron chi connectivity index (χ2n) is 14.8. The predicted molar refractivity (Wildman–Crippen MR) is 140 cm³/mol. The van der Waals surface area contributed by atoms with E-state index in [-0.39, 0.29) is 55.9 Å². The molecule has 0 saturated heterocycles. The molecule has 0 unspecified atom stereocenters. The molecule has 0 aliphatic heterocycles. The van der Waals surface area contributed by atoms with Crippen LogP contribution in [0.15, 0.2) is 11.6 Å². The molecule has 0 bridgehead atoms. The standard InChI is InChI=1S/C31H45ClO3/c1-8-27(4)21-9-12-29(6)22(28(21,5)11-10-23(27)34)17-20(33)24-19-18-26(2,3)13-15-31(19,25(32)35)16-14-30(24,29)7/h17,19,21,24H,8-16,18H2,1-7H3/t19-,21-,24-,27-,28-,29+,30+,31-/m0/s1. The molecule has 0 radical (unpaired) electrons. The van der Waals surface area contributed by atoms with Crippen molar-refractivity contribution in [2.45, 2.75) is 113 Å². The fraction of sp³-hybridized carbons (Fsp3) is 0.839. The molecule has 0 aromatic heterocycles. The highest BCUT2D eigenvalue weighted by Gasteiger charge is 2.70. The Morgan fingerprint density at radius 1 is 0.971 bits per heavy atom. The van der Waals surface area contributed by atoms with Gasteiger partial charge in [-0.3, -0.25) is 14.4 Å². The molecular weight excluding hydrogens is 456 g/mol. The van der Waals surface area contributed by atoms with Gasteiger partial charge in [-0.25, -0.2) is 0 Å². The normalized spacial score (nSPS) is 50.9. The number of ketones is 2. The largest absolute Gasteiger partial charge is 0.299 e. The maximum atomic E-state index is 14.3. The lowest BCUT2D eigenvalue weighted by atomic mass is 9.34. The molecule has 0 aromatic rings. The van der Waals surface area contributed by atoms with Gasteiger partial charge in [-0.1, -0.05) is 54.0 Å². The Hall–Kier alpha value is -0.960. The summed E-state index contributed by atoms with van der Waals surface area (Å²) in [5.41, 5.74) is 0.137. The van der Waals surface area contributed by atoms with E-state index in [1.165, 1.54) is 5.57 Å². The van der Waals surface area contributed by atoms with Gasteiger partial charge in [0.1, 0.15) is 5.78 Å². The van der Waals surface area contributed by atoms with E-state index in [1.54, 1.807) is 0 Å². The van der Waals surface area contributed by atoms with Crippen molar-refractivity contribution in [3.63, 3.8) is 0 Å². The molecule has 194 valence electrons. The highest BCUT2D eigenvalue weighted by molar-refractivity contribution is 6.64. The molecule has 0 aromatic carbocycles. The maximum absolute atomic E-state index is 14.3. The van der Waals surface area contributed by atoms with Crippen molar-refractivity contribution in [2.24, 2.45) is 50.2 Å². The number of carbonyl (C=O) groups is 3. The zero-order chi connectivity index (χ0) is 25.8. The van der Waals surface area contributed by atoms with Crippen LogP contribution in [0.4, 0.5) is 0 Å². The fourth-order valence-electron chi connectivity index (χ4n) is 10.4. The monoisotopic (exact) mass is 500 g/mol. The van der Waals surface area contributed by atoms with Crippen molar-refractivity contribution in [1.29, 1.82) is 0 Å². The van der Waals surface area contributed by atoms with Crippen LogP contribution < -0.4 is 0 Å². The summed E-state index contributed by atoms with van der Waals surface area (Å²) in [5, 5.41) is -0.215. The predicted octanol–water partition coefficient (Wildman–Crippen LogP) is 7.69. The second-order valence-corrected chi connectivity index (χ2v) is 15.1. The average molecular weight is 501 g/mol. The van der Waals surface area contributed by atoms with E-state index in [4.69, 9.17) is 11.6 Å². The summed E-state index contributed by atoms with van der Waals surface area (Å²) < 4.78 is 0. The third kappa shape index (κ3) is 3.06. The summed E-state index contributed by atoms with van der Waals surface area (Å²) in [4.78, 5) is 40.4. The Bertz CT molecular complexity index is 1030. The molecule has 4 saturated carbocycles. The Morgan fingerprint density at radius 2 is 1.63 bits per heavy atom. The van der Waals surface area contributed by atoms with Crippen molar-refractivity contribution >= 4 is 28.4 Å². The minimum atomic E-state index is -0.558. The Balaban J connectivity index is 1.65. The molecule has 35 heavy (non-hydrogen) atoms. The third-order valence-electron chi connectivity index (χ3n) is 13.1. The summed E-state index contributed by atoms with van der Waals surface area (Å²) in [5.74, 6) is 0.771. The first-order valence-corrected chi connectivity index (χ1v) is 14.5. The van der Waals surface area contributed by atoms with Crippen LogP contribution in [0, 0.1) is 50.2 Å². The number of carbonyl (C=O) groups excluding carboxylic acids is 3. The Kier molecular flexibility index (Phi) is 5.54. The molecule has 4 heteroatoms. The van der Waals surface area contributed by atoms with Crippen LogP contribution >= 0.6 is 11.6 Å². The number of Topliss-reactive ketones (excluding diaryl/α,β-unsaturated/α-hetero) is 1. The SMILES string of the molecule is CC[C@]1(C)C(=O)CC[C@]2(C)C3=CC(=O)[C@@H]4[C@@H]5CC(C)(C)CC[C@]5(C(=O)Cl)CC[C@@]4(C)[C@]3(C)CC[C@@H]12. The molecule has 0 amide bonds. The molecule has 5 rings (SSSR count). The number of fused-ring (bicyclic) bond motifs is 7. The first-order valence-electron chi connectivity index (χ1n) is 14.1. The summed E-state index contributed by atoms with van der Waals surface area (Å²) >= 11 is 6.39. The summed E-state index contributed by atoms with van der Waals surface area (Å²) in [7, 11) is 0. The van der Waals surface area contributed by atoms with Gasteiger partial charge in [0.2, 0.25) is 5.24 Å². The topological polar surface area (TPSA) is 51.2 Å². The summed E-state index contributed by atoms with van der Waals surface area (Å²) in [6, 6.07) is 0. The van der Waals surface area contributed by atoms with Gasteiger partial charge in [-0.2, -0.15) is 0 Å². The highest BCUT2D eigenvalue weighted by Crippen LogP contribution is 2.75. The van der Waals surface area contributed by atoms with Gasteiger partial charge in [0.15, 0.2) is 5.78 Å². The quantitative estimate of drug-likeness (QED) is 0.365. The van der Waals surface area contributed by atoms with E-state index in [2.05, 4.69) is 48.5 Å². The first-order chi connectivity index (χ1) is 16.1. The molecule has 0 spiro atoms. The highest BCUT2D eigenvalue weighted by atomic mass is 35.5. The lowest BCUT2D eigenvalue weighted by Crippen LogP contribution is -2.66. The zero-order valence-corrected chi connectivity index (χ0v) is 23.7. The first kappa shape index (κ1) is 25.7. The van der Waals surface area contributed by atoms with Gasteiger partial charge in [-0.15, -0.1) is 0 Å². The van der Waals surface area contributed by atoms with E-state index in [0.29, 0.717) is 12.2 Å². The van der Waals surface area contributed by atoms with E-state index >= 15 is 0 Å². The van der Waals surface area contributed by atoms with Crippen LogP contribution in [0.1, 0.15) is 113 Å². The molecule has 5 aliphatic rings. The van der Waals surface area contributed by atoms with Gasteiger partial charge < -0.3 is 0 Å². The molecule has 5 aliphatic carbocycles. The minimum Gasteiger partial charge on any atom is -0.299 e. The smallest absolute Gasteiger partial charge is 0.228 e. The fourth-order valence-corrected chi connectivity index (χ4v) is 10.8. The molecule has 4 fully saturated rings. The number of hydrogen-bond donors (Lipinski definition) is 0. The molecule has 3 nitrogen and oxygen atoms in total. The Morgan fingerprint density at radius 3 is 2.26 bits per heavy atom. The number of rotatable bonds is 2. The van der Waals surface area contributed by atoms with E-state index in [1.807, 2.05) is 6.08 Å². The van der Waals surface area contributed by atoms with Crippen LogP contribution in [0.25, 0.3) is 0 Å². The van der Waals surface area contributed by atoms with Crippen LogP contribution in [0.2, 0.25) is 0 Å². The van der Waals surface area contributed by atoms with Gasteiger partial charge in [0.25, 0.3) is 0 Å². The van der Waals surface area contributed by atoms with Gasteiger partial charge in [0, 0.05) is 23.2 Å². The van der Waals surface area contributed by atoms with Crippen molar-refractivity contribution in [3.8, 4) is 0 Å². The average Bonchev–Trinajstić information content (AvgIpc) is 2.77. The van der Waals surface area contributed by atoms with Crippen LogP contribution in [-0.4, -0.2) is 16.8 Å². The Labute approximate surface area is 217 Å². The van der Waals surface area contributed by atoms with Gasteiger partial charge in [0.05, 0.1) is 0 Å². The van der Waals surface area contributed by atoms with Crippen molar-refractivity contribution in [2.75, 3.05) is 0 Å². The second kappa shape index (κ2) is 7.55. The van der Waals surface area contributed by atoms with Crippen molar-refractivity contribution < 1.29 is 14.4 Å². The van der Waals surface area contributed by atoms with Gasteiger partial charge >= 0.3 is 0 Å². The van der Waals surface area contributed by atoms with Crippen molar-refractivity contribution in [1.82, 2.24) is 0 Å². The molecule has 8 atom stereocenters. The number of allylic oxidation sites excluding steroid dienone is 2. The summed E-state index contributed by atoms with van der Waals surface area (Å²) in [6.07, 6.45) is 10.7. The van der Waals surface area contributed by atoms with E-state index in [9.17, 15) is 14.4 Å². The molecular formula is C31H45ClO3. The zero-order valence-electron chi connectivity index (χ0n) is 23.0. The third-order valence-corrected chi connectivity index (χ3v) is 13.5. The molecule has 0 heterocycles. The summed E-state index contributed by atoms with van der Waals surface area (Å²) in [6.45, 7) is 16.1. The molecule has 0 N–H and O–H groups in total. The minimum absolute atomic E-state index is 0.0106. The van der Waals surface area contributed by atoms with Crippen LogP contribution in [-0.2, 0) is 14.4 Å². The number of halogens is 1. The number of hydrogen-bond acceptors (Lipinski definition) is 3.